The second kappa shape index (κ2) is 5.49. The molecule has 0 saturated carbocycles. The van der Waals surface area contributed by atoms with Crippen molar-refractivity contribution in [3.8, 4) is 0 Å². The number of fused-ring (bicyclic) bond motifs is 1. The maximum Gasteiger partial charge on any atom is 0.138 e. The molecule has 1 aliphatic rings. The molecule has 19 heavy (non-hydrogen) atoms. The minimum Gasteiger partial charge on any atom is -0.304 e. The van der Waals surface area contributed by atoms with Gasteiger partial charge in [-0.1, -0.05) is 17.7 Å². The maximum absolute atomic E-state index is 6.14. The van der Waals surface area contributed by atoms with Crippen LogP contribution in [0.15, 0.2) is 24.4 Å². The monoisotopic (exact) mass is 278 g/mol. The lowest BCUT2D eigenvalue weighted by Crippen LogP contribution is -2.45. The number of nitrogens with zero attached hydrogens (tertiary/aromatic N) is 4. The van der Waals surface area contributed by atoms with Crippen LogP contribution in [0.4, 0.5) is 0 Å². The molecule has 0 aliphatic carbocycles. The lowest BCUT2D eigenvalue weighted by Gasteiger charge is -2.32. The fourth-order valence-corrected chi connectivity index (χ4v) is 2.70. The van der Waals surface area contributed by atoms with Crippen LogP contribution in [0.3, 0.4) is 0 Å². The van der Waals surface area contributed by atoms with E-state index in [4.69, 9.17) is 11.6 Å². The largest absolute Gasteiger partial charge is 0.304 e. The molecule has 2 aromatic heterocycles. The third kappa shape index (κ3) is 2.91. The van der Waals surface area contributed by atoms with Gasteiger partial charge in [0.15, 0.2) is 0 Å². The lowest BCUT2D eigenvalue weighted by molar-refractivity contribution is 0.155. The molecular weight excluding hydrogens is 260 g/mol. The summed E-state index contributed by atoms with van der Waals surface area (Å²) < 4.78 is 1.95. The molecule has 3 heterocycles. The Kier molecular flexibility index (Phi) is 3.73. The predicted molar refractivity (Wildman–Crippen MR) is 77.8 cm³/mol. The van der Waals surface area contributed by atoms with E-state index in [1.54, 1.807) is 0 Å². The fraction of sp³-hybridized carbons (Fsp3) is 0.500. The maximum atomic E-state index is 6.14. The Morgan fingerprint density at radius 2 is 2.00 bits per heavy atom. The quantitative estimate of drug-likeness (QED) is 0.800. The Bertz CT molecular complexity index is 558. The standard InChI is InChI=1S/C14H19ClN4/c1-17-7-9-18(10-8-17)6-5-12-11-19-13(15)3-2-4-14(19)16-12/h2-4,11H,5-10H2,1H3. The van der Waals surface area contributed by atoms with Gasteiger partial charge in [-0.25, -0.2) is 4.98 Å². The summed E-state index contributed by atoms with van der Waals surface area (Å²) >= 11 is 6.14. The molecule has 5 heteroatoms. The highest BCUT2D eigenvalue weighted by Gasteiger charge is 2.14. The first-order valence-corrected chi connectivity index (χ1v) is 7.13. The Labute approximate surface area is 118 Å². The summed E-state index contributed by atoms with van der Waals surface area (Å²) in [4.78, 5) is 9.50. The Balaban J connectivity index is 1.64. The number of likely N-dealkylation sites (N-methyl/N-ethyl adjacent to an activating group) is 1. The van der Waals surface area contributed by atoms with Gasteiger partial charge in [-0.2, -0.15) is 0 Å². The number of rotatable bonds is 3. The van der Waals surface area contributed by atoms with Crippen molar-refractivity contribution in [1.82, 2.24) is 19.2 Å². The highest BCUT2D eigenvalue weighted by molar-refractivity contribution is 6.29. The molecule has 0 amide bonds. The van der Waals surface area contributed by atoms with Crippen molar-refractivity contribution >= 4 is 17.2 Å². The van der Waals surface area contributed by atoms with Gasteiger partial charge in [-0.15, -0.1) is 0 Å². The molecule has 0 spiro atoms. The molecule has 0 atom stereocenters. The number of pyridine rings is 1. The molecule has 0 aromatic carbocycles. The van der Waals surface area contributed by atoms with Gasteiger partial charge < -0.3 is 9.80 Å². The van der Waals surface area contributed by atoms with Crippen molar-refractivity contribution in [3.63, 3.8) is 0 Å². The lowest BCUT2D eigenvalue weighted by atomic mass is 10.2. The Hall–Kier alpha value is -1.10. The minimum atomic E-state index is 0.718. The number of piperazine rings is 1. The van der Waals surface area contributed by atoms with E-state index >= 15 is 0 Å². The van der Waals surface area contributed by atoms with Crippen LogP contribution in [0.5, 0.6) is 0 Å². The van der Waals surface area contributed by atoms with Gasteiger partial charge in [0.1, 0.15) is 10.8 Å². The molecule has 3 rings (SSSR count). The molecule has 102 valence electrons. The number of hydrogen-bond acceptors (Lipinski definition) is 3. The van der Waals surface area contributed by atoms with Gasteiger partial charge in [0.05, 0.1) is 5.69 Å². The van der Waals surface area contributed by atoms with Crippen molar-refractivity contribution < 1.29 is 0 Å². The Morgan fingerprint density at radius 3 is 2.74 bits per heavy atom. The van der Waals surface area contributed by atoms with Crippen molar-refractivity contribution in [2.45, 2.75) is 6.42 Å². The normalized spacial score (nSPS) is 18.2. The molecule has 0 unspecified atom stereocenters. The minimum absolute atomic E-state index is 0.718. The van der Waals surface area contributed by atoms with E-state index in [0.29, 0.717) is 0 Å². The molecule has 1 saturated heterocycles. The average Bonchev–Trinajstić information content (AvgIpc) is 2.83. The van der Waals surface area contributed by atoms with Gasteiger partial charge in [0.25, 0.3) is 0 Å². The van der Waals surface area contributed by atoms with Crippen molar-refractivity contribution in [2.24, 2.45) is 0 Å². The first kappa shape index (κ1) is 12.9. The number of halogens is 1. The molecule has 2 aromatic rings. The third-order valence-corrected chi connectivity index (χ3v) is 4.08. The van der Waals surface area contributed by atoms with E-state index in [0.717, 1.165) is 55.6 Å². The molecular formula is C14H19ClN4. The molecule has 0 N–H and O–H groups in total. The highest BCUT2D eigenvalue weighted by Crippen LogP contribution is 2.14. The third-order valence-electron chi connectivity index (χ3n) is 3.77. The van der Waals surface area contributed by atoms with Crippen LogP contribution in [0.1, 0.15) is 5.69 Å². The second-order valence-electron chi connectivity index (χ2n) is 5.20. The van der Waals surface area contributed by atoms with E-state index in [9.17, 15) is 0 Å². The first-order valence-electron chi connectivity index (χ1n) is 6.76. The summed E-state index contributed by atoms with van der Waals surface area (Å²) in [6.07, 6.45) is 3.04. The van der Waals surface area contributed by atoms with Crippen LogP contribution in [0.25, 0.3) is 5.65 Å². The smallest absolute Gasteiger partial charge is 0.138 e. The van der Waals surface area contributed by atoms with E-state index in [1.165, 1.54) is 0 Å². The van der Waals surface area contributed by atoms with Crippen LogP contribution in [0, 0.1) is 0 Å². The SMILES string of the molecule is CN1CCN(CCc2cn3c(Cl)cccc3n2)CC1. The van der Waals surface area contributed by atoms with Gasteiger partial charge in [-0.3, -0.25) is 4.40 Å². The Morgan fingerprint density at radius 1 is 1.21 bits per heavy atom. The average molecular weight is 279 g/mol. The van der Waals surface area contributed by atoms with Crippen molar-refractivity contribution in [3.05, 3.63) is 35.2 Å². The van der Waals surface area contributed by atoms with Crippen LogP contribution in [-0.2, 0) is 6.42 Å². The zero-order valence-corrected chi connectivity index (χ0v) is 12.0. The molecule has 1 fully saturated rings. The van der Waals surface area contributed by atoms with Gasteiger partial charge in [0, 0.05) is 45.3 Å². The number of hydrogen-bond donors (Lipinski definition) is 0. The number of imidazole rings is 1. The molecule has 0 radical (unpaired) electrons. The molecule has 1 aliphatic heterocycles. The summed E-state index contributed by atoms with van der Waals surface area (Å²) in [6.45, 7) is 5.72. The van der Waals surface area contributed by atoms with Gasteiger partial charge in [0.2, 0.25) is 0 Å². The summed E-state index contributed by atoms with van der Waals surface area (Å²) in [6, 6.07) is 5.82. The molecule has 0 bridgehead atoms. The number of aromatic nitrogens is 2. The highest BCUT2D eigenvalue weighted by atomic mass is 35.5. The predicted octanol–water partition coefficient (Wildman–Crippen LogP) is 1.78. The van der Waals surface area contributed by atoms with Crippen LogP contribution >= 0.6 is 11.6 Å². The van der Waals surface area contributed by atoms with E-state index in [1.807, 2.05) is 28.8 Å². The summed E-state index contributed by atoms with van der Waals surface area (Å²) in [5, 5.41) is 0.718. The topological polar surface area (TPSA) is 23.8 Å². The summed E-state index contributed by atoms with van der Waals surface area (Å²) in [5.41, 5.74) is 2.05. The van der Waals surface area contributed by atoms with Gasteiger partial charge in [-0.05, 0) is 19.2 Å². The fourth-order valence-electron chi connectivity index (χ4n) is 2.49. The van der Waals surface area contributed by atoms with Gasteiger partial charge >= 0.3 is 0 Å². The van der Waals surface area contributed by atoms with Crippen LogP contribution in [-0.4, -0.2) is 59.0 Å². The van der Waals surface area contributed by atoms with Crippen LogP contribution in [0.2, 0.25) is 5.15 Å². The van der Waals surface area contributed by atoms with E-state index in [2.05, 4.69) is 21.8 Å². The van der Waals surface area contributed by atoms with Crippen LogP contribution < -0.4 is 0 Å². The second-order valence-corrected chi connectivity index (χ2v) is 5.59. The van der Waals surface area contributed by atoms with Crippen molar-refractivity contribution in [2.75, 3.05) is 39.8 Å². The van der Waals surface area contributed by atoms with E-state index < -0.39 is 0 Å². The summed E-state index contributed by atoms with van der Waals surface area (Å²) in [5.74, 6) is 0. The van der Waals surface area contributed by atoms with E-state index in [-0.39, 0.29) is 0 Å². The molecule has 4 nitrogen and oxygen atoms in total. The summed E-state index contributed by atoms with van der Waals surface area (Å²) in [7, 11) is 2.18. The van der Waals surface area contributed by atoms with Crippen molar-refractivity contribution in [1.29, 1.82) is 0 Å². The zero-order chi connectivity index (χ0) is 13.2. The first-order chi connectivity index (χ1) is 9.22. The zero-order valence-electron chi connectivity index (χ0n) is 11.2.